The van der Waals surface area contributed by atoms with Gasteiger partial charge in [-0.15, -0.1) is 0 Å². The molecule has 8 nitrogen and oxygen atoms in total. The van der Waals surface area contributed by atoms with Gasteiger partial charge in [0.05, 0.1) is 26.4 Å². The van der Waals surface area contributed by atoms with Crippen LogP contribution in [0.5, 0.6) is 17.2 Å². The Balaban J connectivity index is 2.78. The lowest BCUT2D eigenvalue weighted by Gasteiger charge is -2.19. The third-order valence-electron chi connectivity index (χ3n) is 15.2. The van der Waals surface area contributed by atoms with Gasteiger partial charge in [-0.3, -0.25) is 4.79 Å². The zero-order valence-electron chi connectivity index (χ0n) is 49.9. The minimum atomic E-state index is -0.806. The molecule has 0 aromatic heterocycles. The molecule has 1 aromatic carbocycles. The molecule has 0 aliphatic carbocycles. The quantitative estimate of drug-likeness (QED) is 0.0512. The van der Waals surface area contributed by atoms with Gasteiger partial charge >= 0.3 is 0 Å². The molecule has 0 saturated heterocycles. The SMILES string of the molecule is CCCCCCCCCCCCCCCCCCOc1cc(C(=O)NCCOC(C=O)CC=O)cc(OCCCCCCCCCCCCCCCCCC)c1OCCCCCCCCCCCCCCCCCC. The summed E-state index contributed by atoms with van der Waals surface area (Å²) < 4.78 is 25.1. The Labute approximate surface area is 464 Å². The highest BCUT2D eigenvalue weighted by atomic mass is 16.5. The third kappa shape index (κ3) is 46.1. The van der Waals surface area contributed by atoms with Crippen molar-refractivity contribution in [3.05, 3.63) is 17.7 Å². The smallest absolute Gasteiger partial charge is 0.251 e. The molecule has 75 heavy (non-hydrogen) atoms. The first kappa shape index (κ1) is 70.4. The molecule has 1 aromatic rings. The topological polar surface area (TPSA) is 100 Å². The zero-order valence-corrected chi connectivity index (χ0v) is 49.9. The molecule has 1 atom stereocenters. The van der Waals surface area contributed by atoms with Crippen LogP contribution in [0, 0.1) is 0 Å². The van der Waals surface area contributed by atoms with Crippen LogP contribution in [0.3, 0.4) is 0 Å². The Kier molecular flexibility index (Phi) is 54.0. The number of carbonyl (C=O) groups is 3. The van der Waals surface area contributed by atoms with Crippen molar-refractivity contribution in [1.82, 2.24) is 5.32 Å². The minimum absolute atomic E-state index is 0.00144. The lowest BCUT2D eigenvalue weighted by molar-refractivity contribution is -0.122. The van der Waals surface area contributed by atoms with Crippen molar-refractivity contribution < 1.29 is 33.3 Å². The fraction of sp³-hybridized carbons (Fsp3) is 0.866. The van der Waals surface area contributed by atoms with Crippen LogP contribution in [0.15, 0.2) is 12.1 Å². The van der Waals surface area contributed by atoms with Gasteiger partial charge < -0.3 is 33.9 Å². The summed E-state index contributed by atoms with van der Waals surface area (Å²) in [7, 11) is 0. The number of benzene rings is 1. The van der Waals surface area contributed by atoms with Gasteiger partial charge in [-0.1, -0.05) is 310 Å². The Morgan fingerprint density at radius 1 is 0.387 bits per heavy atom. The van der Waals surface area contributed by atoms with E-state index in [9.17, 15) is 14.4 Å². The van der Waals surface area contributed by atoms with E-state index in [-0.39, 0.29) is 25.5 Å². The van der Waals surface area contributed by atoms with E-state index in [0.717, 1.165) is 38.5 Å². The molecule has 8 heteroatoms. The molecular formula is C67H123NO7. The number of ether oxygens (including phenoxy) is 4. The van der Waals surface area contributed by atoms with E-state index in [4.69, 9.17) is 18.9 Å². The fourth-order valence-electron chi connectivity index (χ4n) is 10.3. The Hall–Kier alpha value is -2.61. The number of nitrogens with one attached hydrogen (secondary N) is 1. The van der Waals surface area contributed by atoms with E-state index >= 15 is 0 Å². The van der Waals surface area contributed by atoms with Crippen molar-refractivity contribution in [3.63, 3.8) is 0 Å². The molecule has 1 N–H and O–H groups in total. The van der Waals surface area contributed by atoms with E-state index in [1.165, 1.54) is 270 Å². The van der Waals surface area contributed by atoms with Crippen molar-refractivity contribution >= 4 is 18.5 Å². The average molecular weight is 1050 g/mol. The van der Waals surface area contributed by atoms with Crippen molar-refractivity contribution in [2.75, 3.05) is 33.0 Å². The average Bonchev–Trinajstić information content (AvgIpc) is 3.42. The predicted molar refractivity (Wildman–Crippen MR) is 320 cm³/mol. The predicted octanol–water partition coefficient (Wildman–Crippen LogP) is 20.5. The molecule has 1 unspecified atom stereocenters. The van der Waals surface area contributed by atoms with Gasteiger partial charge in [0.1, 0.15) is 18.7 Å². The maximum atomic E-state index is 13.6. The van der Waals surface area contributed by atoms with Gasteiger partial charge in [0.25, 0.3) is 5.91 Å². The molecule has 0 aliphatic heterocycles. The summed E-state index contributed by atoms with van der Waals surface area (Å²) in [5.74, 6) is 1.45. The maximum absolute atomic E-state index is 13.6. The summed E-state index contributed by atoms with van der Waals surface area (Å²) in [5.41, 5.74) is 0.438. The van der Waals surface area contributed by atoms with Gasteiger partial charge in [0, 0.05) is 18.5 Å². The van der Waals surface area contributed by atoms with Crippen molar-refractivity contribution in [2.24, 2.45) is 0 Å². The summed E-state index contributed by atoms with van der Waals surface area (Å²) in [6.07, 6.45) is 63.9. The Morgan fingerprint density at radius 2 is 0.653 bits per heavy atom. The molecule has 1 rings (SSSR count). The van der Waals surface area contributed by atoms with Crippen molar-refractivity contribution in [2.45, 2.75) is 341 Å². The summed E-state index contributed by atoms with van der Waals surface area (Å²) in [5, 5.41) is 2.93. The van der Waals surface area contributed by atoms with Crippen LogP contribution in [0.25, 0.3) is 0 Å². The van der Waals surface area contributed by atoms with E-state index < -0.39 is 6.10 Å². The van der Waals surface area contributed by atoms with Gasteiger partial charge in [-0.05, 0) is 31.4 Å². The van der Waals surface area contributed by atoms with E-state index in [2.05, 4.69) is 26.1 Å². The van der Waals surface area contributed by atoms with Crippen LogP contribution in [-0.4, -0.2) is 57.6 Å². The molecule has 0 heterocycles. The largest absolute Gasteiger partial charge is 0.490 e. The molecular weight excluding hydrogens is 931 g/mol. The Bertz CT molecular complexity index is 1310. The molecule has 438 valence electrons. The standard InChI is InChI=1S/C67H123NO7/c1-4-7-10-13-16-19-22-25-28-31-34-37-40-43-46-49-55-73-64-59-62(67(71)68-53-58-72-63(61-70)52-54-69)60-65(74-56-50-47-44-41-38-35-32-29-26-23-20-17-14-11-8-5-2)66(64)75-57-51-48-45-42-39-36-33-30-27-24-21-18-15-12-9-6-3/h54,59-61,63H,4-53,55-58H2,1-3H3,(H,68,71). The van der Waals surface area contributed by atoms with Gasteiger partial charge in [0.2, 0.25) is 5.75 Å². The number of aldehydes is 2. The summed E-state index contributed by atoms with van der Waals surface area (Å²) in [4.78, 5) is 35.9. The first-order valence-corrected chi connectivity index (χ1v) is 33.0. The first-order chi connectivity index (χ1) is 37.1. The van der Waals surface area contributed by atoms with E-state index in [1.807, 2.05) is 0 Å². The highest BCUT2D eigenvalue weighted by Gasteiger charge is 2.20. The number of unbranched alkanes of at least 4 members (excludes halogenated alkanes) is 45. The molecule has 0 bridgehead atoms. The monoisotopic (exact) mass is 1050 g/mol. The summed E-state index contributed by atoms with van der Waals surface area (Å²) in [6, 6.07) is 3.60. The maximum Gasteiger partial charge on any atom is 0.251 e. The highest BCUT2D eigenvalue weighted by molar-refractivity contribution is 5.95. The minimum Gasteiger partial charge on any atom is -0.490 e. The second kappa shape index (κ2) is 57.6. The normalized spacial score (nSPS) is 11.8. The number of amides is 1. The van der Waals surface area contributed by atoms with Crippen molar-refractivity contribution in [3.8, 4) is 17.2 Å². The number of hydrogen-bond donors (Lipinski definition) is 1. The van der Waals surface area contributed by atoms with Crippen LogP contribution in [0.1, 0.15) is 346 Å². The molecule has 0 radical (unpaired) electrons. The van der Waals surface area contributed by atoms with E-state index in [0.29, 0.717) is 55.2 Å². The zero-order chi connectivity index (χ0) is 54.0. The van der Waals surface area contributed by atoms with Gasteiger partial charge in [-0.2, -0.15) is 0 Å². The third-order valence-corrected chi connectivity index (χ3v) is 15.2. The van der Waals surface area contributed by atoms with Crippen LogP contribution >= 0.6 is 0 Å². The van der Waals surface area contributed by atoms with Crippen LogP contribution in [0.2, 0.25) is 0 Å². The Morgan fingerprint density at radius 3 is 0.920 bits per heavy atom. The molecule has 0 saturated carbocycles. The molecule has 1 amide bonds. The second-order valence-electron chi connectivity index (χ2n) is 22.5. The summed E-state index contributed by atoms with van der Waals surface area (Å²) >= 11 is 0. The second-order valence-corrected chi connectivity index (χ2v) is 22.5. The van der Waals surface area contributed by atoms with Crippen LogP contribution in [-0.2, 0) is 14.3 Å². The van der Waals surface area contributed by atoms with Crippen LogP contribution in [0.4, 0.5) is 0 Å². The number of hydrogen-bond acceptors (Lipinski definition) is 7. The van der Waals surface area contributed by atoms with Gasteiger partial charge in [-0.25, -0.2) is 0 Å². The lowest BCUT2D eigenvalue weighted by atomic mass is 10.0. The van der Waals surface area contributed by atoms with Crippen molar-refractivity contribution in [1.29, 1.82) is 0 Å². The van der Waals surface area contributed by atoms with Crippen LogP contribution < -0.4 is 19.5 Å². The molecule has 0 fully saturated rings. The highest BCUT2D eigenvalue weighted by Crippen LogP contribution is 2.40. The van der Waals surface area contributed by atoms with Gasteiger partial charge in [0.15, 0.2) is 11.5 Å². The number of carbonyl (C=O) groups excluding carboxylic acids is 3. The fourth-order valence-corrected chi connectivity index (χ4v) is 10.3. The molecule has 0 spiro atoms. The van der Waals surface area contributed by atoms with E-state index in [1.54, 1.807) is 12.1 Å². The number of rotatable bonds is 62. The molecule has 0 aliphatic rings. The first-order valence-electron chi connectivity index (χ1n) is 33.0. The summed E-state index contributed by atoms with van der Waals surface area (Å²) in [6.45, 7) is 8.86. The lowest BCUT2D eigenvalue weighted by Crippen LogP contribution is -2.29.